The van der Waals surface area contributed by atoms with E-state index >= 15 is 0 Å². The fourth-order valence-corrected chi connectivity index (χ4v) is 5.92. The number of aliphatic carboxylic acids is 2. The molecule has 2 aromatic carbocycles. The number of piperazine rings is 1. The molecule has 1 saturated heterocycles. The Morgan fingerprint density at radius 3 is 2.09 bits per heavy atom. The number of carboxylic acid groups (broad SMARTS) is 2. The highest BCUT2D eigenvalue weighted by molar-refractivity contribution is 7.99. The number of hydrogen-bond acceptors (Lipinski definition) is 8. The number of para-hydroxylation sites is 1. The minimum absolute atomic E-state index is 0.117. The van der Waals surface area contributed by atoms with Crippen LogP contribution < -0.4 is 4.90 Å². The number of carbonyl (C=O) groups excluding carboxylic acids is 1. The first-order valence-electron chi connectivity index (χ1n) is 14.8. The number of esters is 1. The lowest BCUT2D eigenvalue weighted by atomic mass is 10.1. The third-order valence-electron chi connectivity index (χ3n) is 7.24. The number of benzene rings is 2. The number of carbonyl (C=O) groups is 3. The normalized spacial score (nSPS) is 15.3. The second-order valence-corrected chi connectivity index (χ2v) is 12.2. The molecule has 13 heteroatoms. The summed E-state index contributed by atoms with van der Waals surface area (Å²) in [7, 11) is 0. The monoisotopic (exact) mass is 651 g/mol. The van der Waals surface area contributed by atoms with E-state index in [1.165, 1.54) is 23.9 Å². The summed E-state index contributed by atoms with van der Waals surface area (Å²) in [6.45, 7) is 10.6. The van der Waals surface area contributed by atoms with Crippen LogP contribution in [0.15, 0.2) is 64.4 Å². The number of ether oxygens (including phenoxy) is 1. The van der Waals surface area contributed by atoms with Gasteiger partial charge in [0.2, 0.25) is 0 Å². The van der Waals surface area contributed by atoms with Crippen molar-refractivity contribution in [1.29, 1.82) is 0 Å². The summed E-state index contributed by atoms with van der Waals surface area (Å²) in [5, 5.41) is 15.6. The maximum Gasteiger partial charge on any atom is 0.416 e. The maximum absolute atomic E-state index is 13.4. The van der Waals surface area contributed by atoms with E-state index < -0.39 is 23.7 Å². The van der Waals surface area contributed by atoms with Crippen LogP contribution in [0, 0.1) is 5.92 Å². The lowest BCUT2D eigenvalue weighted by Gasteiger charge is -2.36. The average molecular weight is 652 g/mol. The molecule has 2 N–H and O–H groups in total. The van der Waals surface area contributed by atoms with E-state index in [-0.39, 0.29) is 5.97 Å². The molecule has 0 aliphatic carbocycles. The molecule has 2 aliphatic rings. The molecule has 4 rings (SSSR count). The van der Waals surface area contributed by atoms with Crippen molar-refractivity contribution in [1.82, 2.24) is 9.80 Å². The molecule has 2 aromatic rings. The largest absolute Gasteiger partial charge is 0.478 e. The average Bonchev–Trinajstić information content (AvgIpc) is 2.99. The van der Waals surface area contributed by atoms with Crippen LogP contribution in [0.2, 0.25) is 0 Å². The quantitative estimate of drug-likeness (QED) is 0.209. The summed E-state index contributed by atoms with van der Waals surface area (Å²) in [6, 6.07) is 12.0. The number of nitrogens with zero attached hydrogens (tertiary/aromatic N) is 3. The van der Waals surface area contributed by atoms with Crippen molar-refractivity contribution in [3.63, 3.8) is 0 Å². The SMILES string of the molecule is CC(C)CCC(=O)OCCN1CCN(CCCN2c3ccccc3Sc3ccc(C(F)(F)F)cc32)CC1.O=C(O)/C=C\C(=O)O. The zero-order valence-electron chi connectivity index (χ0n) is 25.5. The standard InChI is InChI=1S/C28H36F3N3O2S.C4H4O4/c1-21(2)8-11-27(35)36-19-18-33-16-14-32(15-17-33)12-5-13-34-23-6-3-4-7-25(23)37-26-10-9-22(20-24(26)34)28(29,30)31;5-3(6)1-2-4(7)8/h3-4,6-7,9-10,20-21H,5,8,11-19H2,1-2H3;1-2H,(H,5,6)(H,7,8)/b;2-1-. The zero-order chi connectivity index (χ0) is 33.0. The highest BCUT2D eigenvalue weighted by atomic mass is 32.2. The third-order valence-corrected chi connectivity index (χ3v) is 8.37. The molecule has 9 nitrogen and oxygen atoms in total. The van der Waals surface area contributed by atoms with Crippen LogP contribution in [-0.2, 0) is 25.3 Å². The Hall–Kier alpha value is -3.55. The van der Waals surface area contributed by atoms with Crippen molar-refractivity contribution in [2.45, 2.75) is 49.1 Å². The van der Waals surface area contributed by atoms with Gasteiger partial charge in [0.05, 0.1) is 16.9 Å². The molecule has 0 amide bonds. The fraction of sp³-hybridized carbons (Fsp3) is 0.469. The van der Waals surface area contributed by atoms with Gasteiger partial charge in [-0.05, 0) is 55.6 Å². The van der Waals surface area contributed by atoms with Crippen LogP contribution in [0.5, 0.6) is 0 Å². The molecule has 45 heavy (non-hydrogen) atoms. The number of hydrogen-bond donors (Lipinski definition) is 2. The summed E-state index contributed by atoms with van der Waals surface area (Å²) in [5.41, 5.74) is 0.983. The van der Waals surface area contributed by atoms with Crippen LogP contribution in [0.4, 0.5) is 24.5 Å². The Labute approximate surface area is 265 Å². The Bertz CT molecular complexity index is 1310. The second kappa shape index (κ2) is 17.2. The summed E-state index contributed by atoms with van der Waals surface area (Å²) in [6.07, 6.45) is -1.07. The van der Waals surface area contributed by atoms with Gasteiger partial charge in [-0.15, -0.1) is 0 Å². The first kappa shape index (κ1) is 35.9. The molecule has 0 saturated carbocycles. The van der Waals surface area contributed by atoms with E-state index in [0.29, 0.717) is 43.3 Å². The van der Waals surface area contributed by atoms with Crippen LogP contribution in [0.25, 0.3) is 0 Å². The first-order chi connectivity index (χ1) is 21.3. The van der Waals surface area contributed by atoms with Crippen LogP contribution in [0.1, 0.15) is 38.7 Å². The molecule has 0 unspecified atom stereocenters. The number of alkyl halides is 3. The van der Waals surface area contributed by atoms with E-state index in [1.807, 2.05) is 29.2 Å². The van der Waals surface area contributed by atoms with Gasteiger partial charge in [0.25, 0.3) is 0 Å². The number of rotatable bonds is 12. The maximum atomic E-state index is 13.4. The predicted octanol–water partition coefficient (Wildman–Crippen LogP) is 6.01. The van der Waals surface area contributed by atoms with E-state index in [9.17, 15) is 27.6 Å². The van der Waals surface area contributed by atoms with Gasteiger partial charge in [0.15, 0.2) is 0 Å². The van der Waals surface area contributed by atoms with Gasteiger partial charge in [-0.2, -0.15) is 13.2 Å². The van der Waals surface area contributed by atoms with Gasteiger partial charge in [-0.1, -0.05) is 37.7 Å². The minimum Gasteiger partial charge on any atom is -0.478 e. The molecular weight excluding hydrogens is 611 g/mol. The molecule has 246 valence electrons. The minimum atomic E-state index is -4.37. The lowest BCUT2D eigenvalue weighted by Crippen LogP contribution is -2.47. The summed E-state index contributed by atoms with van der Waals surface area (Å²) in [4.78, 5) is 39.6. The van der Waals surface area contributed by atoms with Crippen LogP contribution in [-0.4, -0.2) is 90.3 Å². The van der Waals surface area contributed by atoms with E-state index in [0.717, 1.165) is 67.6 Å². The number of halogens is 3. The second-order valence-electron chi connectivity index (χ2n) is 11.1. The van der Waals surface area contributed by atoms with Gasteiger partial charge in [0, 0.05) is 67.6 Å². The van der Waals surface area contributed by atoms with Gasteiger partial charge in [0.1, 0.15) is 6.61 Å². The lowest BCUT2D eigenvalue weighted by molar-refractivity contribution is -0.144. The van der Waals surface area contributed by atoms with Crippen molar-refractivity contribution in [3.8, 4) is 0 Å². The Morgan fingerprint density at radius 2 is 1.49 bits per heavy atom. The molecule has 1 fully saturated rings. The van der Waals surface area contributed by atoms with Crippen molar-refractivity contribution in [3.05, 3.63) is 60.2 Å². The topological polar surface area (TPSA) is 111 Å². The fourth-order valence-electron chi connectivity index (χ4n) is 4.85. The van der Waals surface area contributed by atoms with E-state index in [4.69, 9.17) is 14.9 Å². The number of carboxylic acids is 2. The number of fused-ring (bicyclic) bond motifs is 2. The van der Waals surface area contributed by atoms with Crippen LogP contribution >= 0.6 is 11.8 Å². The predicted molar refractivity (Wildman–Crippen MR) is 166 cm³/mol. The molecule has 2 heterocycles. The number of anilines is 2. The molecule has 0 spiro atoms. The molecule has 0 bridgehead atoms. The van der Waals surface area contributed by atoms with Gasteiger partial charge < -0.3 is 24.7 Å². The van der Waals surface area contributed by atoms with E-state index in [1.54, 1.807) is 6.07 Å². The van der Waals surface area contributed by atoms with Gasteiger partial charge >= 0.3 is 24.1 Å². The van der Waals surface area contributed by atoms with Gasteiger partial charge in [-0.25, -0.2) is 9.59 Å². The third kappa shape index (κ3) is 12.0. The molecule has 0 radical (unpaired) electrons. The smallest absolute Gasteiger partial charge is 0.416 e. The molecule has 0 aromatic heterocycles. The Balaban J connectivity index is 0.000000610. The summed E-state index contributed by atoms with van der Waals surface area (Å²) in [5.74, 6) is -2.13. The molecule has 0 atom stereocenters. The van der Waals surface area contributed by atoms with Crippen molar-refractivity contribution in [2.24, 2.45) is 5.92 Å². The molecular formula is C32H40F3N3O6S. The van der Waals surface area contributed by atoms with Gasteiger partial charge in [-0.3, -0.25) is 9.69 Å². The molecule has 2 aliphatic heterocycles. The highest BCUT2D eigenvalue weighted by Gasteiger charge is 2.33. The Morgan fingerprint density at radius 1 is 0.889 bits per heavy atom. The van der Waals surface area contributed by atoms with E-state index in [2.05, 4.69) is 23.6 Å². The first-order valence-corrected chi connectivity index (χ1v) is 15.6. The summed E-state index contributed by atoms with van der Waals surface area (Å²) >= 11 is 1.52. The highest BCUT2D eigenvalue weighted by Crippen LogP contribution is 2.49. The Kier molecular flexibility index (Phi) is 13.8. The van der Waals surface area contributed by atoms with Crippen molar-refractivity contribution in [2.75, 3.05) is 57.3 Å². The zero-order valence-corrected chi connectivity index (χ0v) is 26.3. The van der Waals surface area contributed by atoms with Crippen molar-refractivity contribution < 1.29 is 42.5 Å². The van der Waals surface area contributed by atoms with Crippen molar-refractivity contribution >= 4 is 41.0 Å². The van der Waals surface area contributed by atoms with Crippen LogP contribution in [0.3, 0.4) is 0 Å². The summed E-state index contributed by atoms with van der Waals surface area (Å²) < 4.78 is 45.7.